The van der Waals surface area contributed by atoms with Crippen molar-refractivity contribution in [2.45, 2.75) is 37.1 Å². The number of hydrogen-bond acceptors (Lipinski definition) is 2. The lowest BCUT2D eigenvalue weighted by Gasteiger charge is -2.13. The first-order valence-corrected chi connectivity index (χ1v) is 8.90. The molecule has 0 aliphatic rings. The maximum absolute atomic E-state index is 3.63. The van der Waals surface area contributed by atoms with Crippen LogP contribution < -0.4 is 5.32 Å². The first-order chi connectivity index (χ1) is 10.1. The van der Waals surface area contributed by atoms with Crippen molar-refractivity contribution in [2.75, 3.05) is 6.54 Å². The average Bonchev–Trinajstić information content (AvgIpc) is 2.43. The van der Waals surface area contributed by atoms with Crippen molar-refractivity contribution in [3.05, 3.63) is 58.1 Å². The second-order valence-corrected chi connectivity index (χ2v) is 7.61. The Morgan fingerprint density at radius 3 is 2.57 bits per heavy atom. The summed E-state index contributed by atoms with van der Waals surface area (Å²) in [7, 11) is 0. The van der Waals surface area contributed by atoms with Crippen molar-refractivity contribution < 1.29 is 0 Å². The lowest BCUT2D eigenvalue weighted by molar-refractivity contribution is 0.550. The molecule has 0 unspecified atom stereocenters. The number of nitrogens with one attached hydrogen (secondary N) is 1. The fraction of sp³-hybridized carbons (Fsp3) is 0.333. The van der Waals surface area contributed by atoms with Crippen LogP contribution in [0.3, 0.4) is 0 Å². The summed E-state index contributed by atoms with van der Waals surface area (Å²) < 4.78 is 1.15. The molecule has 0 fully saturated rings. The Kier molecular flexibility index (Phi) is 6.34. The van der Waals surface area contributed by atoms with Crippen LogP contribution in [0.5, 0.6) is 0 Å². The van der Waals surface area contributed by atoms with Gasteiger partial charge in [0.1, 0.15) is 0 Å². The van der Waals surface area contributed by atoms with E-state index in [-0.39, 0.29) is 0 Å². The van der Waals surface area contributed by atoms with E-state index >= 15 is 0 Å². The molecule has 0 amide bonds. The third kappa shape index (κ3) is 5.17. The van der Waals surface area contributed by atoms with E-state index in [0.29, 0.717) is 5.92 Å². The second kappa shape index (κ2) is 8.02. The summed E-state index contributed by atoms with van der Waals surface area (Å²) in [6.45, 7) is 8.60. The van der Waals surface area contributed by atoms with Gasteiger partial charge in [-0.15, -0.1) is 0 Å². The summed E-state index contributed by atoms with van der Waals surface area (Å²) in [5, 5.41) is 3.54. The summed E-state index contributed by atoms with van der Waals surface area (Å²) in [5.41, 5.74) is 2.68. The van der Waals surface area contributed by atoms with Crippen LogP contribution in [0.2, 0.25) is 0 Å². The quantitative estimate of drug-likeness (QED) is 0.710. The van der Waals surface area contributed by atoms with Gasteiger partial charge < -0.3 is 5.32 Å². The molecule has 0 bridgehead atoms. The van der Waals surface area contributed by atoms with E-state index in [1.807, 2.05) is 17.8 Å². The molecule has 0 radical (unpaired) electrons. The van der Waals surface area contributed by atoms with Crippen molar-refractivity contribution in [3.8, 4) is 0 Å². The molecule has 21 heavy (non-hydrogen) atoms. The van der Waals surface area contributed by atoms with Gasteiger partial charge in [-0.2, -0.15) is 0 Å². The molecule has 2 aromatic rings. The minimum absolute atomic E-state index is 0.675. The van der Waals surface area contributed by atoms with E-state index in [1.54, 1.807) is 0 Å². The summed E-state index contributed by atoms with van der Waals surface area (Å²) >= 11 is 5.45. The van der Waals surface area contributed by atoms with Crippen LogP contribution in [0.4, 0.5) is 0 Å². The fourth-order valence-electron chi connectivity index (χ4n) is 2.09. The molecule has 0 aliphatic heterocycles. The molecular formula is C18H22BrNS. The first kappa shape index (κ1) is 16.6. The number of halogens is 1. The summed E-state index contributed by atoms with van der Waals surface area (Å²) in [6, 6.07) is 15.1. The summed E-state index contributed by atoms with van der Waals surface area (Å²) in [6.07, 6.45) is 0. The lowest BCUT2D eigenvalue weighted by Crippen LogP contribution is -2.19. The predicted octanol–water partition coefficient (Wildman–Crippen LogP) is 5.65. The molecule has 0 heterocycles. The van der Waals surface area contributed by atoms with Crippen LogP contribution in [0, 0.1) is 12.8 Å². The van der Waals surface area contributed by atoms with Crippen LogP contribution in [0.1, 0.15) is 25.0 Å². The molecule has 0 spiro atoms. The smallest absolute Gasteiger partial charge is 0.0314 e. The molecule has 2 aromatic carbocycles. The van der Waals surface area contributed by atoms with Crippen LogP contribution in [0.25, 0.3) is 0 Å². The highest BCUT2D eigenvalue weighted by Gasteiger charge is 2.07. The highest BCUT2D eigenvalue weighted by Crippen LogP contribution is 2.35. The monoisotopic (exact) mass is 363 g/mol. The Bertz CT molecular complexity index is 596. The Morgan fingerprint density at radius 2 is 1.86 bits per heavy atom. The number of benzene rings is 2. The van der Waals surface area contributed by atoms with Gasteiger partial charge in [0.2, 0.25) is 0 Å². The van der Waals surface area contributed by atoms with Gasteiger partial charge in [-0.05, 0) is 59.1 Å². The fourth-order valence-corrected chi connectivity index (χ4v) is 3.56. The largest absolute Gasteiger partial charge is 0.312 e. The van der Waals surface area contributed by atoms with Crippen molar-refractivity contribution in [1.29, 1.82) is 0 Å². The van der Waals surface area contributed by atoms with Gasteiger partial charge in [0.05, 0.1) is 0 Å². The third-order valence-corrected chi connectivity index (χ3v) is 5.29. The molecule has 0 saturated heterocycles. The van der Waals surface area contributed by atoms with E-state index in [4.69, 9.17) is 0 Å². The maximum Gasteiger partial charge on any atom is 0.0314 e. The molecule has 0 atom stereocenters. The Hall–Kier alpha value is -0.770. The molecular weight excluding hydrogens is 342 g/mol. The number of hydrogen-bond donors (Lipinski definition) is 1. The minimum atomic E-state index is 0.675. The normalized spacial score (nSPS) is 11.1. The Balaban J connectivity index is 2.16. The zero-order chi connectivity index (χ0) is 15.2. The van der Waals surface area contributed by atoms with Gasteiger partial charge in [-0.3, -0.25) is 0 Å². The molecule has 0 saturated carbocycles. The maximum atomic E-state index is 3.63. The van der Waals surface area contributed by atoms with Crippen LogP contribution in [-0.4, -0.2) is 6.54 Å². The average molecular weight is 364 g/mol. The highest BCUT2D eigenvalue weighted by molar-refractivity contribution is 9.10. The van der Waals surface area contributed by atoms with Crippen molar-refractivity contribution in [2.24, 2.45) is 5.92 Å². The molecule has 1 nitrogen and oxygen atoms in total. The molecule has 2 rings (SSSR count). The van der Waals surface area contributed by atoms with Crippen LogP contribution >= 0.6 is 27.7 Å². The molecule has 1 N–H and O–H groups in total. The van der Waals surface area contributed by atoms with E-state index in [0.717, 1.165) is 17.6 Å². The van der Waals surface area contributed by atoms with Gasteiger partial charge in [-0.25, -0.2) is 0 Å². The Morgan fingerprint density at radius 1 is 1.10 bits per heavy atom. The van der Waals surface area contributed by atoms with E-state index in [1.165, 1.54) is 20.9 Å². The van der Waals surface area contributed by atoms with Crippen molar-refractivity contribution in [1.82, 2.24) is 5.32 Å². The standard InChI is InChI=1S/C18H22BrNS/c1-13(2)11-20-12-15-10-14(3)8-9-17(15)21-18-7-5-4-6-16(18)19/h4-10,13,20H,11-12H2,1-3H3. The molecule has 112 valence electrons. The van der Waals surface area contributed by atoms with Gasteiger partial charge in [0.15, 0.2) is 0 Å². The SMILES string of the molecule is Cc1ccc(Sc2ccccc2Br)c(CNCC(C)C)c1. The zero-order valence-electron chi connectivity index (χ0n) is 12.8. The van der Waals surface area contributed by atoms with Crippen LogP contribution in [-0.2, 0) is 6.54 Å². The minimum Gasteiger partial charge on any atom is -0.312 e. The van der Waals surface area contributed by atoms with E-state index < -0.39 is 0 Å². The number of aryl methyl sites for hydroxylation is 1. The molecule has 0 aromatic heterocycles. The molecule has 0 aliphatic carbocycles. The lowest BCUT2D eigenvalue weighted by atomic mass is 10.1. The number of rotatable bonds is 6. The summed E-state index contributed by atoms with van der Waals surface area (Å²) in [5.74, 6) is 0.675. The van der Waals surface area contributed by atoms with E-state index in [2.05, 4.69) is 78.4 Å². The van der Waals surface area contributed by atoms with Crippen molar-refractivity contribution >= 4 is 27.7 Å². The van der Waals surface area contributed by atoms with Gasteiger partial charge in [0.25, 0.3) is 0 Å². The molecule has 3 heteroatoms. The van der Waals surface area contributed by atoms with E-state index in [9.17, 15) is 0 Å². The van der Waals surface area contributed by atoms with Gasteiger partial charge >= 0.3 is 0 Å². The second-order valence-electron chi connectivity index (χ2n) is 5.67. The third-order valence-electron chi connectivity index (χ3n) is 3.14. The van der Waals surface area contributed by atoms with Crippen LogP contribution in [0.15, 0.2) is 56.7 Å². The zero-order valence-corrected chi connectivity index (χ0v) is 15.2. The summed E-state index contributed by atoms with van der Waals surface area (Å²) in [4.78, 5) is 2.58. The Labute approximate surface area is 140 Å². The van der Waals surface area contributed by atoms with Gasteiger partial charge in [0, 0.05) is 20.8 Å². The van der Waals surface area contributed by atoms with Gasteiger partial charge in [-0.1, -0.05) is 55.4 Å². The predicted molar refractivity (Wildman–Crippen MR) is 96.0 cm³/mol. The highest BCUT2D eigenvalue weighted by atomic mass is 79.9. The topological polar surface area (TPSA) is 12.0 Å². The van der Waals surface area contributed by atoms with Crippen molar-refractivity contribution in [3.63, 3.8) is 0 Å². The first-order valence-electron chi connectivity index (χ1n) is 7.29.